The van der Waals surface area contributed by atoms with Crippen molar-refractivity contribution in [2.75, 3.05) is 7.11 Å². The Bertz CT molecular complexity index is 591. The minimum Gasteiger partial charge on any atom is -0.497 e. The summed E-state index contributed by atoms with van der Waals surface area (Å²) in [5.41, 5.74) is 1.46. The maximum Gasteiger partial charge on any atom is 0.160 e. The molecule has 0 bridgehead atoms. The summed E-state index contributed by atoms with van der Waals surface area (Å²) in [7, 11) is 1.52. The van der Waals surface area contributed by atoms with Crippen LogP contribution in [0.25, 0.3) is 11.1 Å². The van der Waals surface area contributed by atoms with Gasteiger partial charge in [-0.05, 0) is 30.7 Å². The molecule has 2 nitrogen and oxygen atoms in total. The zero-order chi connectivity index (χ0) is 13.1. The number of Topliss-reactive ketones (excluding diaryl/α,β-unsaturated/α-hetero) is 1. The van der Waals surface area contributed by atoms with E-state index in [-0.39, 0.29) is 11.6 Å². The van der Waals surface area contributed by atoms with E-state index in [4.69, 9.17) is 4.74 Å². The molecule has 0 saturated carbocycles. The van der Waals surface area contributed by atoms with Gasteiger partial charge in [-0.1, -0.05) is 24.3 Å². The third-order valence-corrected chi connectivity index (χ3v) is 2.77. The minimum absolute atomic E-state index is 0.0900. The minimum atomic E-state index is -0.371. The van der Waals surface area contributed by atoms with Crippen LogP contribution in [0.4, 0.5) is 4.39 Å². The molecule has 3 heteroatoms. The molecule has 0 radical (unpaired) electrons. The van der Waals surface area contributed by atoms with Gasteiger partial charge >= 0.3 is 0 Å². The van der Waals surface area contributed by atoms with Crippen molar-refractivity contribution in [1.82, 2.24) is 0 Å². The molecule has 0 saturated heterocycles. The highest BCUT2D eigenvalue weighted by molar-refractivity contribution is 6.00. The molecule has 0 fully saturated rings. The van der Waals surface area contributed by atoms with Crippen LogP contribution in [-0.4, -0.2) is 12.9 Å². The van der Waals surface area contributed by atoms with Crippen molar-refractivity contribution in [3.05, 3.63) is 53.8 Å². The molecule has 2 aromatic carbocycles. The molecular formula is C15H13FO2. The van der Waals surface area contributed by atoms with Crippen LogP contribution >= 0.6 is 0 Å². The Balaban J connectivity index is 2.65. The molecule has 92 valence electrons. The first-order valence-electron chi connectivity index (χ1n) is 5.57. The number of methoxy groups -OCH3 is 1. The maximum atomic E-state index is 13.9. The van der Waals surface area contributed by atoms with Crippen molar-refractivity contribution in [3.63, 3.8) is 0 Å². The second kappa shape index (κ2) is 5.00. The predicted molar refractivity (Wildman–Crippen MR) is 68.4 cm³/mol. The van der Waals surface area contributed by atoms with Crippen molar-refractivity contribution in [2.24, 2.45) is 0 Å². The van der Waals surface area contributed by atoms with Gasteiger partial charge in [0, 0.05) is 11.1 Å². The number of benzene rings is 2. The zero-order valence-corrected chi connectivity index (χ0v) is 10.2. The van der Waals surface area contributed by atoms with Crippen LogP contribution in [-0.2, 0) is 0 Å². The Morgan fingerprint density at radius 3 is 2.50 bits per heavy atom. The van der Waals surface area contributed by atoms with E-state index in [1.807, 2.05) is 0 Å². The molecule has 2 rings (SSSR count). The summed E-state index contributed by atoms with van der Waals surface area (Å²) >= 11 is 0. The molecule has 0 heterocycles. The fourth-order valence-corrected chi connectivity index (χ4v) is 1.86. The highest BCUT2D eigenvalue weighted by Gasteiger charge is 2.13. The van der Waals surface area contributed by atoms with Gasteiger partial charge in [-0.3, -0.25) is 4.79 Å². The smallest absolute Gasteiger partial charge is 0.160 e. The van der Waals surface area contributed by atoms with Gasteiger partial charge < -0.3 is 4.74 Å². The number of ether oxygens (including phenoxy) is 1. The summed E-state index contributed by atoms with van der Waals surface area (Å²) in [6.45, 7) is 1.47. The molecule has 0 aliphatic rings. The third kappa shape index (κ3) is 2.25. The largest absolute Gasteiger partial charge is 0.497 e. The summed E-state index contributed by atoms with van der Waals surface area (Å²) in [4.78, 5) is 11.6. The van der Waals surface area contributed by atoms with Gasteiger partial charge in [0.25, 0.3) is 0 Å². The monoisotopic (exact) mass is 244 g/mol. The normalized spacial score (nSPS) is 10.2. The highest BCUT2D eigenvalue weighted by Crippen LogP contribution is 2.29. The van der Waals surface area contributed by atoms with E-state index in [1.165, 1.54) is 20.1 Å². The van der Waals surface area contributed by atoms with Crippen molar-refractivity contribution in [2.45, 2.75) is 6.92 Å². The van der Waals surface area contributed by atoms with Gasteiger partial charge in [0.1, 0.15) is 11.6 Å². The van der Waals surface area contributed by atoms with Crippen LogP contribution in [0.1, 0.15) is 17.3 Å². The molecule has 18 heavy (non-hydrogen) atoms. The van der Waals surface area contributed by atoms with E-state index in [1.54, 1.807) is 36.4 Å². The van der Waals surface area contributed by atoms with E-state index in [9.17, 15) is 9.18 Å². The quantitative estimate of drug-likeness (QED) is 0.769. The average molecular weight is 244 g/mol. The number of halogens is 1. The summed E-state index contributed by atoms with van der Waals surface area (Å²) in [6, 6.07) is 11.4. The van der Waals surface area contributed by atoms with Crippen LogP contribution in [0.5, 0.6) is 5.75 Å². The van der Waals surface area contributed by atoms with Crippen LogP contribution in [0.2, 0.25) is 0 Å². The Kier molecular flexibility index (Phi) is 3.42. The van der Waals surface area contributed by atoms with Gasteiger partial charge in [-0.15, -0.1) is 0 Å². The fourth-order valence-electron chi connectivity index (χ4n) is 1.86. The second-order valence-corrected chi connectivity index (χ2v) is 3.95. The molecule has 0 amide bonds. The summed E-state index contributed by atoms with van der Waals surface area (Å²) < 4.78 is 18.9. The van der Waals surface area contributed by atoms with E-state index >= 15 is 0 Å². The van der Waals surface area contributed by atoms with Gasteiger partial charge in [0.15, 0.2) is 5.78 Å². The fraction of sp³-hybridized carbons (Fsp3) is 0.133. The molecule has 0 N–H and O–H groups in total. The Morgan fingerprint density at radius 2 is 1.83 bits per heavy atom. The number of hydrogen-bond donors (Lipinski definition) is 0. The van der Waals surface area contributed by atoms with Crippen molar-refractivity contribution >= 4 is 5.78 Å². The molecule has 0 atom stereocenters. The molecule has 2 aromatic rings. The van der Waals surface area contributed by atoms with E-state index < -0.39 is 0 Å². The number of ketones is 1. The van der Waals surface area contributed by atoms with Gasteiger partial charge in [-0.2, -0.15) is 0 Å². The van der Waals surface area contributed by atoms with Crippen LogP contribution < -0.4 is 4.74 Å². The third-order valence-electron chi connectivity index (χ3n) is 2.77. The number of carbonyl (C=O) groups is 1. The number of hydrogen-bond acceptors (Lipinski definition) is 2. The van der Waals surface area contributed by atoms with E-state index in [0.29, 0.717) is 22.4 Å². The van der Waals surface area contributed by atoms with Gasteiger partial charge in [0.2, 0.25) is 0 Å². The topological polar surface area (TPSA) is 26.3 Å². The van der Waals surface area contributed by atoms with E-state index in [0.717, 1.165) is 0 Å². The summed E-state index contributed by atoms with van der Waals surface area (Å²) in [5, 5.41) is 0. The number of carbonyl (C=O) groups excluding carboxylic acids is 1. The van der Waals surface area contributed by atoms with E-state index in [2.05, 4.69) is 0 Å². The lowest BCUT2D eigenvalue weighted by molar-refractivity contribution is 0.101. The Morgan fingerprint density at radius 1 is 1.11 bits per heavy atom. The Labute approximate surface area is 105 Å². The van der Waals surface area contributed by atoms with Crippen molar-refractivity contribution in [3.8, 4) is 16.9 Å². The first-order valence-corrected chi connectivity index (χ1v) is 5.57. The highest BCUT2D eigenvalue weighted by atomic mass is 19.1. The predicted octanol–water partition coefficient (Wildman–Crippen LogP) is 3.70. The van der Waals surface area contributed by atoms with Crippen molar-refractivity contribution in [1.29, 1.82) is 0 Å². The van der Waals surface area contributed by atoms with Gasteiger partial charge in [0.05, 0.1) is 7.11 Å². The summed E-state index contributed by atoms with van der Waals surface area (Å²) in [6.07, 6.45) is 0. The van der Waals surface area contributed by atoms with Gasteiger partial charge in [-0.25, -0.2) is 4.39 Å². The van der Waals surface area contributed by atoms with Crippen molar-refractivity contribution < 1.29 is 13.9 Å². The molecular weight excluding hydrogens is 231 g/mol. The molecule has 0 spiro atoms. The zero-order valence-electron chi connectivity index (χ0n) is 10.2. The lowest BCUT2D eigenvalue weighted by Gasteiger charge is -2.09. The first kappa shape index (κ1) is 12.3. The van der Waals surface area contributed by atoms with Crippen LogP contribution in [0.15, 0.2) is 42.5 Å². The first-order chi connectivity index (χ1) is 8.63. The standard InChI is InChI=1S/C15H13FO2/c1-10(17)12-5-3-4-6-13(12)14-9-11(18-2)7-8-15(14)16/h3-9H,1-2H3. The number of rotatable bonds is 3. The maximum absolute atomic E-state index is 13.9. The Hall–Kier alpha value is -2.16. The van der Waals surface area contributed by atoms with Crippen LogP contribution in [0.3, 0.4) is 0 Å². The molecule has 0 aromatic heterocycles. The summed E-state index contributed by atoms with van der Waals surface area (Å²) in [5.74, 6) is 0.0991. The molecule has 0 aliphatic carbocycles. The lowest BCUT2D eigenvalue weighted by Crippen LogP contribution is -1.97. The molecule has 0 unspecified atom stereocenters. The lowest BCUT2D eigenvalue weighted by atomic mass is 9.97. The van der Waals surface area contributed by atoms with Crippen LogP contribution in [0, 0.1) is 5.82 Å². The second-order valence-electron chi connectivity index (χ2n) is 3.95. The SMILES string of the molecule is COc1ccc(F)c(-c2ccccc2C(C)=O)c1. The average Bonchev–Trinajstić information content (AvgIpc) is 2.39. The molecule has 0 aliphatic heterocycles.